The fourth-order valence-corrected chi connectivity index (χ4v) is 3.38. The Kier molecular flexibility index (Phi) is 11.2. The second-order valence-corrected chi connectivity index (χ2v) is 8.30. The minimum atomic E-state index is 0.332. The van der Waals surface area contributed by atoms with E-state index in [9.17, 15) is 0 Å². The molecule has 0 aromatic carbocycles. The second-order valence-electron chi connectivity index (χ2n) is 8.30. The summed E-state index contributed by atoms with van der Waals surface area (Å²) in [4.78, 5) is 2.48. The Bertz CT molecular complexity index is 614. The van der Waals surface area contributed by atoms with E-state index in [1.54, 1.807) is 0 Å². The zero-order valence-corrected chi connectivity index (χ0v) is 19.2. The molecule has 3 nitrogen and oxygen atoms in total. The van der Waals surface area contributed by atoms with Crippen molar-refractivity contribution >= 4 is 0 Å². The van der Waals surface area contributed by atoms with Crippen molar-refractivity contribution < 1.29 is 4.74 Å². The molecule has 0 amide bonds. The van der Waals surface area contributed by atoms with Crippen LogP contribution in [0.1, 0.15) is 60.8 Å². The van der Waals surface area contributed by atoms with Gasteiger partial charge in [-0.15, -0.1) is 0 Å². The molecule has 28 heavy (non-hydrogen) atoms. The summed E-state index contributed by atoms with van der Waals surface area (Å²) in [6, 6.07) is 0.332. The first-order valence-corrected chi connectivity index (χ1v) is 10.7. The van der Waals surface area contributed by atoms with Crippen LogP contribution in [-0.2, 0) is 4.74 Å². The smallest absolute Gasteiger partial charge is 0.0594 e. The number of unbranched alkanes of at least 4 members (excludes halogenated alkanes) is 1. The van der Waals surface area contributed by atoms with E-state index >= 15 is 0 Å². The van der Waals surface area contributed by atoms with Gasteiger partial charge in [-0.25, -0.2) is 0 Å². The standard InChI is InChI=1S/C25H42N2O/c1-9-10-11-23(20(4)5)25(24(21(6)7)13-12-19(2)3)26-22(8)18-27-14-16-28-17-15-27/h12-13,22,26H,4,6,9-11,14-18H2,1-3,5,7-8H3/b24-13+,25-23+. The van der Waals surface area contributed by atoms with Gasteiger partial charge in [0, 0.05) is 36.9 Å². The second kappa shape index (κ2) is 12.8. The lowest BCUT2D eigenvalue weighted by Crippen LogP contribution is -2.44. The highest BCUT2D eigenvalue weighted by Gasteiger charge is 2.18. The van der Waals surface area contributed by atoms with E-state index in [1.807, 2.05) is 0 Å². The molecule has 1 aliphatic heterocycles. The fourth-order valence-electron chi connectivity index (χ4n) is 3.38. The normalized spacial score (nSPS) is 17.6. The molecule has 0 radical (unpaired) electrons. The summed E-state index contributed by atoms with van der Waals surface area (Å²) in [7, 11) is 0. The van der Waals surface area contributed by atoms with Crippen molar-refractivity contribution in [2.45, 2.75) is 66.8 Å². The van der Waals surface area contributed by atoms with E-state index in [1.165, 1.54) is 28.8 Å². The number of hydrogen-bond donors (Lipinski definition) is 1. The summed E-state index contributed by atoms with van der Waals surface area (Å²) in [5.41, 5.74) is 7.21. The van der Waals surface area contributed by atoms with Crippen molar-refractivity contribution in [1.82, 2.24) is 10.2 Å². The Hall–Kier alpha value is -1.58. The van der Waals surface area contributed by atoms with E-state index in [0.717, 1.165) is 56.8 Å². The van der Waals surface area contributed by atoms with Crippen LogP contribution < -0.4 is 5.32 Å². The first-order chi connectivity index (χ1) is 13.3. The predicted octanol–water partition coefficient (Wildman–Crippen LogP) is 5.79. The minimum Gasteiger partial charge on any atom is -0.381 e. The Balaban J connectivity index is 3.24. The van der Waals surface area contributed by atoms with Crippen LogP contribution in [-0.4, -0.2) is 43.8 Å². The Morgan fingerprint density at radius 2 is 1.71 bits per heavy atom. The van der Waals surface area contributed by atoms with E-state index in [0.29, 0.717) is 6.04 Å². The molecule has 1 rings (SSSR count). The topological polar surface area (TPSA) is 24.5 Å². The zero-order chi connectivity index (χ0) is 21.1. The molecule has 0 bridgehead atoms. The maximum atomic E-state index is 5.49. The number of nitrogens with zero attached hydrogens (tertiary/aromatic N) is 1. The first kappa shape index (κ1) is 24.5. The highest BCUT2D eigenvalue weighted by molar-refractivity contribution is 5.52. The van der Waals surface area contributed by atoms with Gasteiger partial charge in [-0.1, -0.05) is 49.8 Å². The highest BCUT2D eigenvalue weighted by Crippen LogP contribution is 2.27. The zero-order valence-electron chi connectivity index (χ0n) is 19.2. The lowest BCUT2D eigenvalue weighted by atomic mass is 9.93. The average molecular weight is 387 g/mol. The average Bonchev–Trinajstić information content (AvgIpc) is 2.61. The van der Waals surface area contributed by atoms with Crippen molar-refractivity contribution in [3.05, 3.63) is 58.9 Å². The maximum Gasteiger partial charge on any atom is 0.0594 e. The molecule has 0 spiro atoms. The van der Waals surface area contributed by atoms with Gasteiger partial charge in [-0.2, -0.15) is 0 Å². The summed E-state index contributed by atoms with van der Waals surface area (Å²) in [6.45, 7) is 26.2. The van der Waals surface area contributed by atoms with E-state index in [4.69, 9.17) is 4.74 Å². The molecular formula is C25H42N2O. The molecule has 1 atom stereocenters. The third-order valence-electron chi connectivity index (χ3n) is 4.94. The monoisotopic (exact) mass is 386 g/mol. The molecule has 0 aromatic rings. The van der Waals surface area contributed by atoms with Crippen LogP contribution >= 0.6 is 0 Å². The Morgan fingerprint density at radius 3 is 2.21 bits per heavy atom. The van der Waals surface area contributed by atoms with Crippen molar-refractivity contribution in [3.8, 4) is 0 Å². The van der Waals surface area contributed by atoms with Crippen LogP contribution in [0.15, 0.2) is 58.9 Å². The summed E-state index contributed by atoms with van der Waals surface area (Å²) < 4.78 is 5.49. The Labute approximate surface area is 173 Å². The molecule has 1 heterocycles. The van der Waals surface area contributed by atoms with Crippen molar-refractivity contribution in [1.29, 1.82) is 0 Å². The van der Waals surface area contributed by atoms with Gasteiger partial charge >= 0.3 is 0 Å². The lowest BCUT2D eigenvalue weighted by molar-refractivity contribution is 0.0349. The predicted molar refractivity (Wildman–Crippen MR) is 124 cm³/mol. The van der Waals surface area contributed by atoms with Crippen LogP contribution in [0.3, 0.4) is 0 Å². The van der Waals surface area contributed by atoms with Gasteiger partial charge < -0.3 is 10.1 Å². The molecule has 0 aromatic heterocycles. The van der Waals surface area contributed by atoms with Gasteiger partial charge in [0.25, 0.3) is 0 Å². The van der Waals surface area contributed by atoms with Gasteiger partial charge in [-0.05, 0) is 58.6 Å². The van der Waals surface area contributed by atoms with Crippen molar-refractivity contribution in [2.24, 2.45) is 0 Å². The molecule has 1 unspecified atom stereocenters. The summed E-state index contributed by atoms with van der Waals surface area (Å²) >= 11 is 0. The maximum absolute atomic E-state index is 5.49. The molecular weight excluding hydrogens is 344 g/mol. The third-order valence-corrected chi connectivity index (χ3v) is 4.94. The number of allylic oxidation sites excluding steroid dienone is 6. The number of rotatable bonds is 11. The molecule has 1 N–H and O–H groups in total. The molecule has 1 saturated heterocycles. The van der Waals surface area contributed by atoms with Crippen LogP contribution in [0, 0.1) is 0 Å². The van der Waals surface area contributed by atoms with Gasteiger partial charge in [0.05, 0.1) is 13.2 Å². The SMILES string of the molecule is C=C(C)C(=C\C=C(C)C)/C(NC(C)CN1CCOCC1)=C(/CCCC)C(=C)C. The van der Waals surface area contributed by atoms with Crippen molar-refractivity contribution in [3.63, 3.8) is 0 Å². The van der Waals surface area contributed by atoms with Gasteiger partial charge in [-0.3, -0.25) is 4.90 Å². The molecule has 0 saturated carbocycles. The third kappa shape index (κ3) is 8.62. The van der Waals surface area contributed by atoms with Gasteiger partial charge in [0.2, 0.25) is 0 Å². The highest BCUT2D eigenvalue weighted by atomic mass is 16.5. The van der Waals surface area contributed by atoms with Crippen LogP contribution in [0.4, 0.5) is 0 Å². The van der Waals surface area contributed by atoms with Gasteiger partial charge in [0.15, 0.2) is 0 Å². The molecule has 158 valence electrons. The lowest BCUT2D eigenvalue weighted by Gasteiger charge is -2.31. The molecule has 1 fully saturated rings. The quantitative estimate of drug-likeness (QED) is 0.455. The first-order valence-electron chi connectivity index (χ1n) is 10.7. The van der Waals surface area contributed by atoms with E-state index in [2.05, 4.69) is 77.1 Å². The van der Waals surface area contributed by atoms with E-state index in [-0.39, 0.29) is 0 Å². The molecule has 3 heteroatoms. The summed E-state index contributed by atoms with van der Waals surface area (Å²) in [5, 5.41) is 3.84. The number of nitrogens with one attached hydrogen (secondary N) is 1. The number of ether oxygens (including phenoxy) is 1. The number of hydrogen-bond acceptors (Lipinski definition) is 3. The largest absolute Gasteiger partial charge is 0.381 e. The van der Waals surface area contributed by atoms with Gasteiger partial charge in [0.1, 0.15) is 0 Å². The van der Waals surface area contributed by atoms with Crippen LogP contribution in [0.5, 0.6) is 0 Å². The van der Waals surface area contributed by atoms with E-state index < -0.39 is 0 Å². The molecule has 0 aliphatic carbocycles. The van der Waals surface area contributed by atoms with Crippen LogP contribution in [0.25, 0.3) is 0 Å². The minimum absolute atomic E-state index is 0.332. The summed E-state index contributed by atoms with van der Waals surface area (Å²) in [5.74, 6) is 0. The Morgan fingerprint density at radius 1 is 1.07 bits per heavy atom. The van der Waals surface area contributed by atoms with Crippen molar-refractivity contribution in [2.75, 3.05) is 32.8 Å². The number of morpholine rings is 1. The van der Waals surface area contributed by atoms with Crippen LogP contribution in [0.2, 0.25) is 0 Å². The summed E-state index contributed by atoms with van der Waals surface area (Å²) in [6.07, 6.45) is 7.76. The molecule has 1 aliphatic rings. The fraction of sp³-hybridized carbons (Fsp3) is 0.600.